The number of methoxy groups -OCH3 is 1. The lowest BCUT2D eigenvalue weighted by Crippen LogP contribution is -2.47. The molecule has 0 heterocycles. The molecule has 1 rings (SSSR count). The third kappa shape index (κ3) is 2.56. The van der Waals surface area contributed by atoms with E-state index in [1.54, 1.807) is 33.0 Å². The number of aliphatic hydroxyl groups excluding tert-OH is 1. The Balaban J connectivity index is 3.12. The Labute approximate surface area is 107 Å². The fourth-order valence-electron chi connectivity index (χ4n) is 1.42. The van der Waals surface area contributed by atoms with E-state index in [4.69, 9.17) is 4.74 Å². The Kier molecular flexibility index (Phi) is 4.19. The van der Waals surface area contributed by atoms with Crippen LogP contribution in [0.2, 0.25) is 0 Å². The fraction of sp³-hybridized carbons (Fsp3) is 0.462. The van der Waals surface area contributed by atoms with E-state index in [1.165, 1.54) is 18.1 Å². The van der Waals surface area contributed by atoms with Crippen molar-refractivity contribution < 1.29 is 19.7 Å². The van der Waals surface area contributed by atoms with Crippen LogP contribution in [0.25, 0.3) is 0 Å². The Morgan fingerprint density at radius 1 is 1.44 bits per heavy atom. The average Bonchev–Trinajstić information content (AvgIpc) is 2.37. The molecule has 0 aliphatic rings. The summed E-state index contributed by atoms with van der Waals surface area (Å²) in [5.41, 5.74) is -0.551. The molecular formula is C13H19NO4. The molecule has 0 atom stereocenters. The molecule has 100 valence electrons. The van der Waals surface area contributed by atoms with E-state index < -0.39 is 5.54 Å². The van der Waals surface area contributed by atoms with Gasteiger partial charge in [-0.2, -0.15) is 0 Å². The van der Waals surface area contributed by atoms with E-state index in [2.05, 4.69) is 0 Å². The highest BCUT2D eigenvalue weighted by Gasteiger charge is 2.29. The minimum absolute atomic E-state index is 0.151. The highest BCUT2D eigenvalue weighted by molar-refractivity contribution is 5.97. The molecule has 5 heteroatoms. The van der Waals surface area contributed by atoms with Gasteiger partial charge in [0, 0.05) is 7.05 Å². The number of phenols is 1. The van der Waals surface area contributed by atoms with Crippen molar-refractivity contribution in [2.75, 3.05) is 20.8 Å². The molecule has 18 heavy (non-hydrogen) atoms. The molecule has 0 aliphatic heterocycles. The first-order chi connectivity index (χ1) is 8.35. The zero-order chi connectivity index (χ0) is 13.9. The summed E-state index contributed by atoms with van der Waals surface area (Å²) in [6.45, 7) is 3.31. The van der Waals surface area contributed by atoms with Crippen molar-refractivity contribution in [3.8, 4) is 11.5 Å². The lowest BCUT2D eigenvalue weighted by Gasteiger charge is -2.34. The molecule has 1 amide bonds. The summed E-state index contributed by atoms with van der Waals surface area (Å²) in [4.78, 5) is 13.6. The normalized spacial score (nSPS) is 11.2. The minimum atomic E-state index is -0.702. The van der Waals surface area contributed by atoms with Crippen LogP contribution in [0.1, 0.15) is 24.2 Å². The van der Waals surface area contributed by atoms with Crippen molar-refractivity contribution in [3.05, 3.63) is 23.8 Å². The largest absolute Gasteiger partial charge is 0.504 e. The van der Waals surface area contributed by atoms with Crippen LogP contribution < -0.4 is 4.74 Å². The van der Waals surface area contributed by atoms with Crippen LogP contribution in [0, 0.1) is 0 Å². The number of carbonyl (C=O) groups excluding carboxylic acids is 1. The Bertz CT molecular complexity index is 443. The van der Waals surface area contributed by atoms with Crippen LogP contribution in [0.3, 0.4) is 0 Å². The number of likely N-dealkylation sites (N-methyl/N-ethyl adjacent to an activating group) is 1. The van der Waals surface area contributed by atoms with Crippen LogP contribution in [-0.4, -0.2) is 47.3 Å². The number of benzene rings is 1. The van der Waals surface area contributed by atoms with E-state index >= 15 is 0 Å². The van der Waals surface area contributed by atoms with Gasteiger partial charge < -0.3 is 19.8 Å². The van der Waals surface area contributed by atoms with Crippen LogP contribution in [0.4, 0.5) is 0 Å². The average molecular weight is 253 g/mol. The molecule has 1 aromatic carbocycles. The molecule has 0 saturated carbocycles. The Morgan fingerprint density at radius 2 is 2.06 bits per heavy atom. The maximum absolute atomic E-state index is 12.2. The molecule has 5 nitrogen and oxygen atoms in total. The monoisotopic (exact) mass is 253 g/mol. The number of amides is 1. The number of nitrogens with zero attached hydrogens (tertiary/aromatic N) is 1. The summed E-state index contributed by atoms with van der Waals surface area (Å²) in [6.07, 6.45) is 0. The molecular weight excluding hydrogens is 234 g/mol. The molecule has 0 unspecified atom stereocenters. The van der Waals surface area contributed by atoms with Crippen LogP contribution >= 0.6 is 0 Å². The van der Waals surface area contributed by atoms with Gasteiger partial charge in [-0.1, -0.05) is 6.07 Å². The van der Waals surface area contributed by atoms with E-state index in [9.17, 15) is 15.0 Å². The summed E-state index contributed by atoms with van der Waals surface area (Å²) in [7, 11) is 3.00. The summed E-state index contributed by atoms with van der Waals surface area (Å²) < 4.78 is 4.96. The highest BCUT2D eigenvalue weighted by Crippen LogP contribution is 2.31. The van der Waals surface area contributed by atoms with Gasteiger partial charge in [0.15, 0.2) is 11.5 Å². The van der Waals surface area contributed by atoms with E-state index in [-0.39, 0.29) is 29.6 Å². The number of carbonyl (C=O) groups is 1. The lowest BCUT2D eigenvalue weighted by molar-refractivity contribution is 0.0470. The number of hydrogen-bond donors (Lipinski definition) is 2. The van der Waals surface area contributed by atoms with Gasteiger partial charge >= 0.3 is 0 Å². The Morgan fingerprint density at radius 3 is 2.56 bits per heavy atom. The maximum Gasteiger partial charge on any atom is 0.258 e. The number of aromatic hydroxyl groups is 1. The van der Waals surface area contributed by atoms with Gasteiger partial charge in [-0.25, -0.2) is 0 Å². The summed E-state index contributed by atoms with van der Waals surface area (Å²) in [5.74, 6) is -0.313. The molecule has 0 bridgehead atoms. The van der Waals surface area contributed by atoms with E-state index in [0.717, 1.165) is 0 Å². The van der Waals surface area contributed by atoms with Gasteiger partial charge in [0.2, 0.25) is 0 Å². The molecule has 0 aromatic heterocycles. The molecule has 0 aliphatic carbocycles. The van der Waals surface area contributed by atoms with Gasteiger partial charge in [-0.3, -0.25) is 4.79 Å². The first-order valence-electron chi connectivity index (χ1n) is 5.60. The number of hydrogen-bond acceptors (Lipinski definition) is 4. The van der Waals surface area contributed by atoms with Crippen molar-refractivity contribution in [1.29, 1.82) is 0 Å². The van der Waals surface area contributed by atoms with Gasteiger partial charge in [0.25, 0.3) is 5.91 Å². The number of phenolic OH excluding ortho intramolecular Hbond substituents is 1. The molecule has 2 N–H and O–H groups in total. The lowest BCUT2D eigenvalue weighted by atomic mass is 10.0. The second kappa shape index (κ2) is 5.27. The summed E-state index contributed by atoms with van der Waals surface area (Å²) in [5, 5.41) is 19.2. The zero-order valence-corrected chi connectivity index (χ0v) is 11.1. The molecule has 0 radical (unpaired) electrons. The van der Waals surface area contributed by atoms with Crippen molar-refractivity contribution in [2.24, 2.45) is 0 Å². The summed E-state index contributed by atoms with van der Waals surface area (Å²) >= 11 is 0. The maximum atomic E-state index is 12.2. The quantitative estimate of drug-likeness (QED) is 0.847. The van der Waals surface area contributed by atoms with Gasteiger partial charge in [0.1, 0.15) is 0 Å². The number of ether oxygens (including phenoxy) is 1. The predicted molar refractivity (Wildman–Crippen MR) is 67.9 cm³/mol. The third-order valence-electron chi connectivity index (χ3n) is 3.05. The number of para-hydroxylation sites is 1. The smallest absolute Gasteiger partial charge is 0.258 e. The van der Waals surface area contributed by atoms with Crippen LogP contribution in [-0.2, 0) is 0 Å². The van der Waals surface area contributed by atoms with E-state index in [0.29, 0.717) is 0 Å². The van der Waals surface area contributed by atoms with Crippen molar-refractivity contribution in [3.63, 3.8) is 0 Å². The first kappa shape index (κ1) is 14.3. The van der Waals surface area contributed by atoms with Crippen molar-refractivity contribution in [2.45, 2.75) is 19.4 Å². The number of rotatable bonds is 4. The van der Waals surface area contributed by atoms with E-state index in [1.807, 2.05) is 0 Å². The molecule has 0 spiro atoms. The van der Waals surface area contributed by atoms with Crippen LogP contribution in [0.5, 0.6) is 11.5 Å². The van der Waals surface area contributed by atoms with Crippen LogP contribution in [0.15, 0.2) is 18.2 Å². The number of aliphatic hydroxyl groups is 1. The molecule has 0 fully saturated rings. The topological polar surface area (TPSA) is 70.0 Å². The van der Waals surface area contributed by atoms with Gasteiger partial charge in [-0.15, -0.1) is 0 Å². The first-order valence-corrected chi connectivity index (χ1v) is 5.60. The fourth-order valence-corrected chi connectivity index (χ4v) is 1.42. The second-order valence-corrected chi connectivity index (χ2v) is 4.69. The standard InChI is InChI=1S/C13H19NO4/c1-13(2,8-15)14(3)12(17)9-6-5-7-10(18-4)11(9)16/h5-7,15-16H,8H2,1-4H3. The second-order valence-electron chi connectivity index (χ2n) is 4.69. The molecule has 0 saturated heterocycles. The SMILES string of the molecule is COc1cccc(C(=O)N(C)C(C)(C)CO)c1O. The van der Waals surface area contributed by atoms with Gasteiger partial charge in [-0.05, 0) is 26.0 Å². The zero-order valence-electron chi connectivity index (χ0n) is 11.1. The van der Waals surface area contributed by atoms with Crippen molar-refractivity contribution in [1.82, 2.24) is 4.90 Å². The van der Waals surface area contributed by atoms with Gasteiger partial charge in [0.05, 0.1) is 24.8 Å². The highest BCUT2D eigenvalue weighted by atomic mass is 16.5. The predicted octanol–water partition coefficient (Wildman–Crippen LogP) is 1.24. The Hall–Kier alpha value is -1.75. The summed E-state index contributed by atoms with van der Waals surface area (Å²) in [6, 6.07) is 4.72. The third-order valence-corrected chi connectivity index (χ3v) is 3.05. The van der Waals surface area contributed by atoms with Crippen molar-refractivity contribution >= 4 is 5.91 Å². The molecule has 1 aromatic rings. The minimum Gasteiger partial charge on any atom is -0.504 e.